The van der Waals surface area contributed by atoms with E-state index in [1.54, 1.807) is 12.2 Å². The van der Waals surface area contributed by atoms with Crippen LogP contribution in [0.25, 0.3) is 4.85 Å². The third kappa shape index (κ3) is 2.24. The fourth-order valence-corrected chi connectivity index (χ4v) is 1.10. The number of aliphatic carboxylic acids is 1. The zero-order valence-electron chi connectivity index (χ0n) is 6.58. The van der Waals surface area contributed by atoms with Gasteiger partial charge in [-0.2, -0.15) is 0 Å². The smallest absolute Gasteiger partial charge is 0.307 e. The minimum absolute atomic E-state index is 0.0527. The summed E-state index contributed by atoms with van der Waals surface area (Å²) in [5, 5.41) is 8.37. The van der Waals surface area contributed by atoms with Crippen LogP contribution in [0.4, 0.5) is 0 Å². The molecule has 3 heteroatoms. The molecule has 0 aromatic heterocycles. The number of carbonyl (C=O) groups is 1. The molecule has 1 aliphatic rings. The van der Waals surface area contributed by atoms with Crippen LogP contribution in [-0.2, 0) is 4.79 Å². The maximum atomic E-state index is 10.2. The van der Waals surface area contributed by atoms with Gasteiger partial charge in [0.2, 0.25) is 0 Å². The Morgan fingerprint density at radius 3 is 3.00 bits per heavy atom. The summed E-state index contributed by atoms with van der Waals surface area (Å²) in [4.78, 5) is 13.5. The van der Waals surface area contributed by atoms with E-state index in [4.69, 9.17) is 11.7 Å². The molecule has 0 amide bonds. The third-order valence-corrected chi connectivity index (χ3v) is 1.70. The molecule has 0 aromatic rings. The van der Waals surface area contributed by atoms with Crippen molar-refractivity contribution in [3.05, 3.63) is 34.8 Å². The SMILES string of the molecule is [C-]#[N+]C1=C/C(=C\CC(=O)O)CC1. The first kappa shape index (κ1) is 8.54. The number of rotatable bonds is 2. The summed E-state index contributed by atoms with van der Waals surface area (Å²) in [5.41, 5.74) is 1.70. The zero-order chi connectivity index (χ0) is 8.97. The predicted molar refractivity (Wildman–Crippen MR) is 44.3 cm³/mol. The van der Waals surface area contributed by atoms with Crippen LogP contribution < -0.4 is 0 Å². The number of hydrogen-bond donors (Lipinski definition) is 1. The number of carboxylic acid groups (broad SMARTS) is 1. The van der Waals surface area contributed by atoms with E-state index in [1.807, 2.05) is 0 Å². The van der Waals surface area contributed by atoms with E-state index in [0.717, 1.165) is 24.1 Å². The molecule has 0 aromatic carbocycles. The number of hydrogen-bond acceptors (Lipinski definition) is 1. The van der Waals surface area contributed by atoms with Crippen LogP contribution in [-0.4, -0.2) is 11.1 Å². The Labute approximate surface area is 70.8 Å². The molecular formula is C9H9NO2. The molecule has 1 N–H and O–H groups in total. The quantitative estimate of drug-likeness (QED) is 0.632. The van der Waals surface area contributed by atoms with Gasteiger partial charge in [-0.1, -0.05) is 17.7 Å². The molecule has 0 atom stereocenters. The Morgan fingerprint density at radius 2 is 2.50 bits per heavy atom. The second-order valence-corrected chi connectivity index (χ2v) is 2.62. The largest absolute Gasteiger partial charge is 0.481 e. The van der Waals surface area contributed by atoms with Crippen LogP contribution >= 0.6 is 0 Å². The van der Waals surface area contributed by atoms with Gasteiger partial charge in [0.15, 0.2) is 5.70 Å². The van der Waals surface area contributed by atoms with Crippen molar-refractivity contribution in [1.82, 2.24) is 0 Å². The van der Waals surface area contributed by atoms with Crippen LogP contribution in [0.3, 0.4) is 0 Å². The topological polar surface area (TPSA) is 41.7 Å². The molecule has 0 saturated heterocycles. The van der Waals surface area contributed by atoms with Gasteiger partial charge in [-0.15, -0.1) is 0 Å². The van der Waals surface area contributed by atoms with Crippen molar-refractivity contribution >= 4 is 5.97 Å². The predicted octanol–water partition coefficient (Wildman–Crippen LogP) is 1.98. The molecular weight excluding hydrogens is 154 g/mol. The van der Waals surface area contributed by atoms with Gasteiger partial charge in [-0.05, 0) is 12.8 Å². The van der Waals surface area contributed by atoms with Gasteiger partial charge >= 0.3 is 5.97 Å². The van der Waals surface area contributed by atoms with Gasteiger partial charge in [0.25, 0.3) is 0 Å². The van der Waals surface area contributed by atoms with Crippen molar-refractivity contribution in [3.8, 4) is 0 Å². The van der Waals surface area contributed by atoms with E-state index in [2.05, 4.69) is 4.85 Å². The standard InChI is InChI=1S/C9H9NO2/c1-10-8-4-2-7(6-8)3-5-9(11)12/h3,6H,2,4-5H2,(H,11,12)/b7-3-. The highest BCUT2D eigenvalue weighted by Gasteiger charge is 2.08. The van der Waals surface area contributed by atoms with E-state index in [1.165, 1.54) is 0 Å². The Morgan fingerprint density at radius 1 is 1.75 bits per heavy atom. The summed E-state index contributed by atoms with van der Waals surface area (Å²) in [7, 11) is 0. The molecule has 1 rings (SSSR count). The lowest BCUT2D eigenvalue weighted by Gasteiger charge is -1.89. The molecule has 1 aliphatic carbocycles. The first-order chi connectivity index (χ1) is 5.72. The van der Waals surface area contributed by atoms with Crippen LogP contribution in [0.1, 0.15) is 19.3 Å². The minimum atomic E-state index is -0.827. The maximum Gasteiger partial charge on any atom is 0.307 e. The lowest BCUT2D eigenvalue weighted by Crippen LogP contribution is -1.90. The fourth-order valence-electron chi connectivity index (χ4n) is 1.10. The highest BCUT2D eigenvalue weighted by Crippen LogP contribution is 2.24. The molecule has 0 unspecified atom stereocenters. The summed E-state index contributed by atoms with van der Waals surface area (Å²) >= 11 is 0. The second-order valence-electron chi connectivity index (χ2n) is 2.62. The van der Waals surface area contributed by atoms with Crippen molar-refractivity contribution < 1.29 is 9.90 Å². The molecule has 12 heavy (non-hydrogen) atoms. The molecule has 0 radical (unpaired) electrons. The van der Waals surface area contributed by atoms with Crippen molar-refractivity contribution in [1.29, 1.82) is 0 Å². The number of allylic oxidation sites excluding steroid dienone is 3. The third-order valence-electron chi connectivity index (χ3n) is 1.70. The number of carboxylic acids is 1. The second kappa shape index (κ2) is 3.72. The molecule has 0 spiro atoms. The van der Waals surface area contributed by atoms with Gasteiger partial charge in [0.1, 0.15) is 0 Å². The molecule has 0 heterocycles. The van der Waals surface area contributed by atoms with Crippen molar-refractivity contribution in [2.24, 2.45) is 0 Å². The summed E-state index contributed by atoms with van der Waals surface area (Å²) in [6.07, 6.45) is 5.06. The van der Waals surface area contributed by atoms with E-state index in [9.17, 15) is 4.79 Å². The van der Waals surface area contributed by atoms with Crippen molar-refractivity contribution in [3.63, 3.8) is 0 Å². The van der Waals surface area contributed by atoms with Gasteiger partial charge in [0, 0.05) is 0 Å². The van der Waals surface area contributed by atoms with E-state index < -0.39 is 5.97 Å². The Bertz CT molecular complexity index is 294. The molecule has 0 bridgehead atoms. The first-order valence-corrected chi connectivity index (χ1v) is 3.71. The average molecular weight is 163 g/mol. The Kier molecular flexibility index (Phi) is 2.65. The summed E-state index contributed by atoms with van der Waals surface area (Å²) in [5.74, 6) is -0.827. The summed E-state index contributed by atoms with van der Waals surface area (Å²) in [6, 6.07) is 0. The molecule has 0 saturated carbocycles. The van der Waals surface area contributed by atoms with Gasteiger partial charge in [-0.25, -0.2) is 4.85 Å². The minimum Gasteiger partial charge on any atom is -0.481 e. The van der Waals surface area contributed by atoms with E-state index >= 15 is 0 Å². The summed E-state index contributed by atoms with van der Waals surface area (Å²) in [6.45, 7) is 6.72. The summed E-state index contributed by atoms with van der Waals surface area (Å²) < 4.78 is 0. The van der Waals surface area contributed by atoms with E-state index in [0.29, 0.717) is 0 Å². The highest BCUT2D eigenvalue weighted by molar-refractivity contribution is 5.69. The number of nitrogens with zero attached hydrogens (tertiary/aromatic N) is 1. The lowest BCUT2D eigenvalue weighted by atomic mass is 10.2. The maximum absolute atomic E-state index is 10.2. The van der Waals surface area contributed by atoms with Crippen molar-refractivity contribution in [2.75, 3.05) is 0 Å². The molecule has 3 nitrogen and oxygen atoms in total. The van der Waals surface area contributed by atoms with Crippen LogP contribution in [0.2, 0.25) is 0 Å². The Hall–Kier alpha value is -1.56. The lowest BCUT2D eigenvalue weighted by molar-refractivity contribution is -0.136. The average Bonchev–Trinajstić information content (AvgIpc) is 2.48. The van der Waals surface area contributed by atoms with Gasteiger partial charge in [0.05, 0.1) is 13.0 Å². The van der Waals surface area contributed by atoms with Crippen molar-refractivity contribution in [2.45, 2.75) is 19.3 Å². The van der Waals surface area contributed by atoms with Gasteiger partial charge < -0.3 is 5.11 Å². The van der Waals surface area contributed by atoms with Crippen LogP contribution in [0.5, 0.6) is 0 Å². The first-order valence-electron chi connectivity index (χ1n) is 3.71. The fraction of sp³-hybridized carbons (Fsp3) is 0.333. The zero-order valence-corrected chi connectivity index (χ0v) is 6.58. The van der Waals surface area contributed by atoms with Gasteiger partial charge in [-0.3, -0.25) is 4.79 Å². The normalized spacial score (nSPS) is 18.9. The molecule has 62 valence electrons. The Balaban J connectivity index is 2.57. The monoisotopic (exact) mass is 163 g/mol. The van der Waals surface area contributed by atoms with E-state index in [-0.39, 0.29) is 6.42 Å². The van der Waals surface area contributed by atoms with Crippen LogP contribution in [0, 0.1) is 6.57 Å². The van der Waals surface area contributed by atoms with Crippen LogP contribution in [0.15, 0.2) is 23.4 Å². The highest BCUT2D eigenvalue weighted by atomic mass is 16.4. The molecule has 0 aliphatic heterocycles. The molecule has 0 fully saturated rings.